The monoisotopic (exact) mass is 483 g/mol. The lowest BCUT2D eigenvalue weighted by Gasteiger charge is -2.24. The fourth-order valence-corrected chi connectivity index (χ4v) is 4.42. The van der Waals surface area contributed by atoms with E-state index >= 15 is 0 Å². The first-order valence-electron chi connectivity index (χ1n) is 11.4. The van der Waals surface area contributed by atoms with Gasteiger partial charge in [0.25, 0.3) is 0 Å². The molecule has 0 bridgehead atoms. The van der Waals surface area contributed by atoms with Crippen molar-refractivity contribution < 1.29 is 19.1 Å². The zero-order valence-corrected chi connectivity index (χ0v) is 21.9. The number of rotatable bonds is 8. The average Bonchev–Trinajstić information content (AvgIpc) is 3.05. The van der Waals surface area contributed by atoms with Gasteiger partial charge in [-0.2, -0.15) is 0 Å². The summed E-state index contributed by atoms with van der Waals surface area (Å²) in [7, 11) is 3.01. The van der Waals surface area contributed by atoms with Crippen molar-refractivity contribution in [2.75, 3.05) is 14.2 Å². The third-order valence-corrected chi connectivity index (χ3v) is 6.20. The van der Waals surface area contributed by atoms with Gasteiger partial charge < -0.3 is 14.0 Å². The van der Waals surface area contributed by atoms with E-state index in [4.69, 9.17) is 21.1 Å². The van der Waals surface area contributed by atoms with Gasteiger partial charge in [-0.3, -0.25) is 9.59 Å². The second-order valence-electron chi connectivity index (χ2n) is 10.6. The van der Waals surface area contributed by atoms with Gasteiger partial charge in [-0.15, -0.1) is 0 Å². The Morgan fingerprint density at radius 1 is 0.971 bits per heavy atom. The van der Waals surface area contributed by atoms with Crippen LogP contribution in [0.4, 0.5) is 0 Å². The van der Waals surface area contributed by atoms with Crippen LogP contribution < -0.4 is 4.74 Å². The summed E-state index contributed by atoms with van der Waals surface area (Å²) in [5.74, 6) is 0.415. The highest BCUT2D eigenvalue weighted by Gasteiger charge is 2.34. The van der Waals surface area contributed by atoms with Gasteiger partial charge in [0.2, 0.25) is 0 Å². The molecule has 0 aliphatic carbocycles. The molecule has 3 aromatic rings. The predicted molar refractivity (Wildman–Crippen MR) is 137 cm³/mol. The molecule has 0 saturated heterocycles. The first-order chi connectivity index (χ1) is 15.9. The van der Waals surface area contributed by atoms with Gasteiger partial charge in [-0.1, -0.05) is 44.5 Å². The zero-order valence-electron chi connectivity index (χ0n) is 21.1. The Morgan fingerprint density at radius 3 is 2.18 bits per heavy atom. The third kappa shape index (κ3) is 5.64. The van der Waals surface area contributed by atoms with Crippen molar-refractivity contribution >= 4 is 34.3 Å². The molecule has 0 unspecified atom stereocenters. The second-order valence-corrected chi connectivity index (χ2v) is 11.1. The summed E-state index contributed by atoms with van der Waals surface area (Å²) in [6.45, 7) is 10.4. The predicted octanol–water partition coefficient (Wildman–Crippen LogP) is 6.71. The fraction of sp³-hybridized carbons (Fsp3) is 0.429. The minimum Gasteiger partial charge on any atom is -0.497 e. The topological polar surface area (TPSA) is 57.5 Å². The van der Waals surface area contributed by atoms with Crippen LogP contribution in [0.15, 0.2) is 42.5 Å². The fourth-order valence-electron chi connectivity index (χ4n) is 4.30. The molecular weight excluding hydrogens is 450 g/mol. The van der Waals surface area contributed by atoms with Gasteiger partial charge in [0.15, 0.2) is 5.78 Å². The maximum Gasteiger partial charge on any atom is 0.311 e. The number of benzene rings is 2. The Kier molecular flexibility index (Phi) is 7.47. The number of ketones is 1. The van der Waals surface area contributed by atoms with E-state index in [0.717, 1.165) is 22.2 Å². The summed E-state index contributed by atoms with van der Waals surface area (Å²) in [6.07, 6.45) is 0.741. The maximum atomic E-state index is 13.7. The smallest absolute Gasteiger partial charge is 0.311 e. The van der Waals surface area contributed by atoms with E-state index in [1.54, 1.807) is 7.11 Å². The maximum absolute atomic E-state index is 13.7. The average molecular weight is 484 g/mol. The normalized spacial score (nSPS) is 12.1. The van der Waals surface area contributed by atoms with Crippen molar-refractivity contribution in [3.63, 3.8) is 0 Å². The number of methoxy groups -OCH3 is 2. The molecule has 0 atom stereocenters. The van der Waals surface area contributed by atoms with Crippen LogP contribution in [0.25, 0.3) is 10.9 Å². The summed E-state index contributed by atoms with van der Waals surface area (Å²) in [4.78, 5) is 26.4. The van der Waals surface area contributed by atoms with Crippen molar-refractivity contribution in [1.82, 2.24) is 4.57 Å². The van der Waals surface area contributed by atoms with Crippen LogP contribution in [0.5, 0.6) is 5.75 Å². The van der Waals surface area contributed by atoms with Crippen LogP contribution in [0.2, 0.25) is 5.02 Å². The van der Waals surface area contributed by atoms with Crippen molar-refractivity contribution in [3.8, 4) is 5.75 Å². The summed E-state index contributed by atoms with van der Waals surface area (Å²) in [5.41, 5.74) is 2.43. The van der Waals surface area contributed by atoms with E-state index in [2.05, 4.69) is 25.3 Å². The minimum atomic E-state index is -0.818. The summed E-state index contributed by atoms with van der Waals surface area (Å²) in [5, 5.41) is 1.50. The number of carbonyl (C=O) groups is 2. The Bertz CT molecular complexity index is 1200. The zero-order chi connectivity index (χ0) is 25.3. The Morgan fingerprint density at radius 2 is 1.62 bits per heavy atom. The minimum absolute atomic E-state index is 0.0521. The van der Waals surface area contributed by atoms with Gasteiger partial charge in [0.1, 0.15) is 5.75 Å². The highest BCUT2D eigenvalue weighted by molar-refractivity contribution is 6.30. The molecule has 1 heterocycles. The SMILES string of the molecule is COC(=O)C(C)(C)Cc1c(C(=O)CC(C)(C)C)c2cc(OC)ccc2n1Cc1ccc(Cl)cc1. The van der Waals surface area contributed by atoms with Crippen LogP contribution in [-0.4, -0.2) is 30.5 Å². The lowest BCUT2D eigenvalue weighted by Crippen LogP contribution is -2.30. The van der Waals surface area contributed by atoms with Crippen LogP contribution in [-0.2, 0) is 22.5 Å². The molecule has 0 radical (unpaired) electrons. The van der Waals surface area contributed by atoms with Crippen molar-refractivity contribution in [2.24, 2.45) is 10.8 Å². The van der Waals surface area contributed by atoms with Gasteiger partial charge in [0.05, 0.1) is 19.6 Å². The van der Waals surface area contributed by atoms with Crippen LogP contribution in [0.1, 0.15) is 62.7 Å². The Balaban J connectivity index is 2.30. The number of Topliss-reactive ketones (excluding diaryl/α,β-unsaturated/α-hetero) is 1. The molecule has 2 aromatic carbocycles. The standard InChI is InChI=1S/C28H34ClNO4/c1-27(2,3)16-24(31)25-21-14-20(33-6)12-13-22(21)30(17-18-8-10-19(29)11-9-18)23(25)15-28(4,5)26(32)34-7/h8-14H,15-17H2,1-7H3. The molecule has 0 spiro atoms. The number of carbonyl (C=O) groups excluding carboxylic acids is 2. The second kappa shape index (κ2) is 9.83. The highest BCUT2D eigenvalue weighted by atomic mass is 35.5. The van der Waals surface area contributed by atoms with Crippen molar-refractivity contribution in [3.05, 3.63) is 64.3 Å². The van der Waals surface area contributed by atoms with Gasteiger partial charge >= 0.3 is 5.97 Å². The molecule has 3 rings (SSSR count). The largest absolute Gasteiger partial charge is 0.497 e. The number of halogens is 1. The molecular formula is C28H34ClNO4. The number of hydrogen-bond donors (Lipinski definition) is 0. The number of esters is 1. The van der Waals surface area contributed by atoms with E-state index in [1.165, 1.54) is 7.11 Å². The van der Waals surface area contributed by atoms with Crippen molar-refractivity contribution in [1.29, 1.82) is 0 Å². The highest BCUT2D eigenvalue weighted by Crippen LogP contribution is 2.37. The molecule has 0 fully saturated rings. The molecule has 0 saturated carbocycles. The summed E-state index contributed by atoms with van der Waals surface area (Å²) in [6, 6.07) is 13.5. The summed E-state index contributed by atoms with van der Waals surface area (Å²) >= 11 is 6.10. The first kappa shape index (κ1) is 25.8. The van der Waals surface area contributed by atoms with Crippen LogP contribution >= 0.6 is 11.6 Å². The van der Waals surface area contributed by atoms with Crippen LogP contribution in [0.3, 0.4) is 0 Å². The lowest BCUT2D eigenvalue weighted by atomic mass is 9.83. The quantitative estimate of drug-likeness (QED) is 0.264. The molecule has 34 heavy (non-hydrogen) atoms. The first-order valence-corrected chi connectivity index (χ1v) is 11.8. The van der Waals surface area contributed by atoms with Gasteiger partial charge in [-0.05, 0) is 55.2 Å². The number of hydrogen-bond acceptors (Lipinski definition) is 4. The van der Waals surface area contributed by atoms with E-state index in [-0.39, 0.29) is 17.2 Å². The molecule has 1 aromatic heterocycles. The Labute approximate surface area is 207 Å². The molecule has 0 aliphatic heterocycles. The molecule has 0 aliphatic rings. The number of fused-ring (bicyclic) bond motifs is 1. The summed E-state index contributed by atoms with van der Waals surface area (Å²) < 4.78 is 12.7. The van der Waals surface area contributed by atoms with E-state index < -0.39 is 5.41 Å². The molecule has 0 amide bonds. The lowest BCUT2D eigenvalue weighted by molar-refractivity contribution is -0.150. The number of nitrogens with zero attached hydrogens (tertiary/aromatic N) is 1. The molecule has 6 heteroatoms. The van der Waals surface area contributed by atoms with Crippen molar-refractivity contribution in [2.45, 2.75) is 54.0 Å². The number of aromatic nitrogens is 1. The van der Waals surface area contributed by atoms with Gasteiger partial charge in [-0.25, -0.2) is 0 Å². The number of ether oxygens (including phenoxy) is 2. The molecule has 0 N–H and O–H groups in total. The van der Waals surface area contributed by atoms with E-state index in [0.29, 0.717) is 35.7 Å². The molecule has 5 nitrogen and oxygen atoms in total. The van der Waals surface area contributed by atoms with Gasteiger partial charge in [0, 0.05) is 46.6 Å². The van der Waals surface area contributed by atoms with E-state index in [1.807, 2.05) is 56.3 Å². The van der Waals surface area contributed by atoms with E-state index in [9.17, 15) is 9.59 Å². The Hall–Kier alpha value is -2.79. The third-order valence-electron chi connectivity index (χ3n) is 5.95. The molecule has 182 valence electrons. The van der Waals surface area contributed by atoms with Crippen LogP contribution in [0, 0.1) is 10.8 Å².